The molecule has 0 atom stereocenters. The van der Waals surface area contributed by atoms with Gasteiger partial charge in [-0.15, -0.1) is 0 Å². The van der Waals surface area contributed by atoms with Gasteiger partial charge in [0.2, 0.25) is 5.95 Å². The third-order valence-electron chi connectivity index (χ3n) is 1.90. The Balaban J connectivity index is 2.12. The molecular weight excluding hydrogens is 209 g/mol. The first-order valence-electron chi connectivity index (χ1n) is 4.59. The van der Waals surface area contributed by atoms with Crippen molar-refractivity contribution in [1.82, 2.24) is 9.97 Å². The standard InChI is InChI=1S/C11H8FN3O/c12-9-4-2-8(3-5-9)10(16)15-11-13-6-1-7-14-11/h1-7H,(H,13,14,15,16). The molecular formula is C11H8FN3O. The van der Waals surface area contributed by atoms with Crippen LogP contribution in [0.25, 0.3) is 0 Å². The van der Waals surface area contributed by atoms with Gasteiger partial charge in [-0.3, -0.25) is 10.1 Å². The molecule has 16 heavy (non-hydrogen) atoms. The minimum Gasteiger partial charge on any atom is -0.290 e. The highest BCUT2D eigenvalue weighted by Crippen LogP contribution is 2.05. The van der Waals surface area contributed by atoms with Gasteiger partial charge in [-0.25, -0.2) is 14.4 Å². The van der Waals surface area contributed by atoms with Crippen molar-refractivity contribution in [2.45, 2.75) is 0 Å². The summed E-state index contributed by atoms with van der Waals surface area (Å²) in [5, 5.41) is 2.49. The second-order valence-electron chi connectivity index (χ2n) is 3.03. The van der Waals surface area contributed by atoms with Gasteiger partial charge in [0.05, 0.1) is 0 Å². The summed E-state index contributed by atoms with van der Waals surface area (Å²) in [4.78, 5) is 19.3. The van der Waals surface area contributed by atoms with E-state index in [4.69, 9.17) is 0 Å². The number of carbonyl (C=O) groups is 1. The van der Waals surface area contributed by atoms with Crippen LogP contribution in [0.2, 0.25) is 0 Å². The van der Waals surface area contributed by atoms with Crippen molar-refractivity contribution in [1.29, 1.82) is 0 Å². The van der Waals surface area contributed by atoms with Crippen molar-refractivity contribution < 1.29 is 9.18 Å². The molecule has 2 rings (SSSR count). The zero-order valence-electron chi connectivity index (χ0n) is 8.22. The Hall–Kier alpha value is -2.30. The quantitative estimate of drug-likeness (QED) is 0.835. The lowest BCUT2D eigenvalue weighted by atomic mass is 10.2. The molecule has 0 aliphatic rings. The molecule has 1 aromatic carbocycles. The molecule has 0 bridgehead atoms. The van der Waals surface area contributed by atoms with Crippen molar-refractivity contribution in [3.05, 3.63) is 54.1 Å². The zero-order chi connectivity index (χ0) is 11.4. The fourth-order valence-electron chi connectivity index (χ4n) is 1.14. The number of benzene rings is 1. The number of nitrogens with one attached hydrogen (secondary N) is 1. The van der Waals surface area contributed by atoms with Gasteiger partial charge in [-0.1, -0.05) is 0 Å². The maximum absolute atomic E-state index is 12.6. The van der Waals surface area contributed by atoms with Gasteiger partial charge in [0.15, 0.2) is 0 Å². The van der Waals surface area contributed by atoms with Crippen molar-refractivity contribution in [2.24, 2.45) is 0 Å². The largest absolute Gasteiger partial charge is 0.290 e. The van der Waals surface area contributed by atoms with Crippen molar-refractivity contribution in [3.63, 3.8) is 0 Å². The van der Waals surface area contributed by atoms with Gasteiger partial charge in [-0.2, -0.15) is 0 Å². The molecule has 0 spiro atoms. The second kappa shape index (κ2) is 4.48. The summed E-state index contributed by atoms with van der Waals surface area (Å²) in [7, 11) is 0. The van der Waals surface area contributed by atoms with Gasteiger partial charge in [0.25, 0.3) is 5.91 Å². The van der Waals surface area contributed by atoms with E-state index in [1.54, 1.807) is 6.07 Å². The van der Waals surface area contributed by atoms with Crippen molar-refractivity contribution in [2.75, 3.05) is 5.32 Å². The van der Waals surface area contributed by atoms with E-state index in [0.717, 1.165) is 0 Å². The smallest absolute Gasteiger partial charge is 0.258 e. The lowest BCUT2D eigenvalue weighted by Crippen LogP contribution is -2.13. The molecule has 0 saturated carbocycles. The molecule has 4 nitrogen and oxygen atoms in total. The summed E-state index contributed by atoms with van der Waals surface area (Å²) in [6.45, 7) is 0. The molecule has 1 heterocycles. The molecule has 1 aromatic heterocycles. The maximum atomic E-state index is 12.6. The number of amides is 1. The van der Waals surface area contributed by atoms with Crippen molar-refractivity contribution in [3.8, 4) is 0 Å². The van der Waals surface area contributed by atoms with Crippen molar-refractivity contribution >= 4 is 11.9 Å². The van der Waals surface area contributed by atoms with E-state index < -0.39 is 0 Å². The topological polar surface area (TPSA) is 54.9 Å². The number of aromatic nitrogens is 2. The van der Waals surface area contributed by atoms with Crippen LogP contribution in [0.4, 0.5) is 10.3 Å². The van der Waals surface area contributed by atoms with Crippen LogP contribution in [0.5, 0.6) is 0 Å². The minimum absolute atomic E-state index is 0.219. The summed E-state index contributed by atoms with van der Waals surface area (Å²) >= 11 is 0. The number of hydrogen-bond donors (Lipinski definition) is 1. The number of rotatable bonds is 2. The van der Waals surface area contributed by atoms with Gasteiger partial charge in [0.1, 0.15) is 5.82 Å². The predicted octanol–water partition coefficient (Wildman–Crippen LogP) is 1.87. The zero-order valence-corrected chi connectivity index (χ0v) is 8.22. The summed E-state index contributed by atoms with van der Waals surface area (Å²) in [5.41, 5.74) is 0.355. The SMILES string of the molecule is O=C(Nc1ncccn1)c1ccc(F)cc1. The Kier molecular flexibility index (Phi) is 2.86. The van der Waals surface area contributed by atoms with Crippen LogP contribution in [0.3, 0.4) is 0 Å². The molecule has 0 fully saturated rings. The van der Waals surface area contributed by atoms with E-state index in [1.807, 2.05) is 0 Å². The fourth-order valence-corrected chi connectivity index (χ4v) is 1.14. The predicted molar refractivity (Wildman–Crippen MR) is 56.4 cm³/mol. The number of carbonyl (C=O) groups excluding carboxylic acids is 1. The normalized spacial score (nSPS) is 9.81. The van der Waals surface area contributed by atoms with Crippen LogP contribution in [0, 0.1) is 5.82 Å². The molecule has 1 amide bonds. The third kappa shape index (κ3) is 2.38. The first-order valence-corrected chi connectivity index (χ1v) is 4.59. The Labute approximate surface area is 91.2 Å². The molecule has 0 saturated heterocycles. The van der Waals surface area contributed by atoms with E-state index in [0.29, 0.717) is 5.56 Å². The highest BCUT2D eigenvalue weighted by Gasteiger charge is 2.06. The van der Waals surface area contributed by atoms with Gasteiger partial charge < -0.3 is 0 Å². The van der Waals surface area contributed by atoms with Crippen LogP contribution in [-0.2, 0) is 0 Å². The number of halogens is 1. The molecule has 0 aliphatic carbocycles. The number of hydrogen-bond acceptors (Lipinski definition) is 3. The lowest BCUT2D eigenvalue weighted by Gasteiger charge is -2.02. The number of anilines is 1. The lowest BCUT2D eigenvalue weighted by molar-refractivity contribution is 0.102. The van der Waals surface area contributed by atoms with E-state index in [-0.39, 0.29) is 17.7 Å². The van der Waals surface area contributed by atoms with Crippen LogP contribution in [0.15, 0.2) is 42.7 Å². The first kappa shape index (κ1) is 10.2. The second-order valence-corrected chi connectivity index (χ2v) is 3.03. The van der Waals surface area contributed by atoms with E-state index in [9.17, 15) is 9.18 Å². The molecule has 2 aromatic rings. The van der Waals surface area contributed by atoms with Gasteiger partial charge in [-0.05, 0) is 30.3 Å². The van der Waals surface area contributed by atoms with E-state index in [1.165, 1.54) is 36.7 Å². The fraction of sp³-hybridized carbons (Fsp3) is 0. The van der Waals surface area contributed by atoms with Crippen LogP contribution >= 0.6 is 0 Å². The Morgan fingerprint density at radius 3 is 2.38 bits per heavy atom. The summed E-state index contributed by atoms with van der Waals surface area (Å²) in [6, 6.07) is 6.89. The molecule has 0 unspecified atom stereocenters. The number of nitrogens with zero attached hydrogens (tertiary/aromatic N) is 2. The Bertz CT molecular complexity index is 484. The highest BCUT2D eigenvalue weighted by molar-refractivity contribution is 6.03. The minimum atomic E-state index is -0.382. The maximum Gasteiger partial charge on any atom is 0.258 e. The highest BCUT2D eigenvalue weighted by atomic mass is 19.1. The molecule has 1 N–H and O–H groups in total. The average Bonchev–Trinajstić information content (AvgIpc) is 2.31. The van der Waals surface area contributed by atoms with Gasteiger partial charge >= 0.3 is 0 Å². The molecule has 0 radical (unpaired) electrons. The van der Waals surface area contributed by atoms with E-state index >= 15 is 0 Å². The Morgan fingerprint density at radius 1 is 1.12 bits per heavy atom. The van der Waals surface area contributed by atoms with Crippen LogP contribution < -0.4 is 5.32 Å². The monoisotopic (exact) mass is 217 g/mol. The van der Waals surface area contributed by atoms with E-state index in [2.05, 4.69) is 15.3 Å². The first-order chi connectivity index (χ1) is 7.75. The summed E-state index contributed by atoms with van der Waals surface area (Å²) < 4.78 is 12.6. The average molecular weight is 217 g/mol. The molecule has 80 valence electrons. The third-order valence-corrected chi connectivity index (χ3v) is 1.90. The summed E-state index contributed by atoms with van der Waals surface area (Å²) in [6.07, 6.45) is 3.04. The van der Waals surface area contributed by atoms with Gasteiger partial charge in [0, 0.05) is 18.0 Å². The summed E-state index contributed by atoms with van der Waals surface area (Å²) in [5.74, 6) is -0.532. The van der Waals surface area contributed by atoms with Crippen LogP contribution in [-0.4, -0.2) is 15.9 Å². The molecule has 0 aliphatic heterocycles. The molecule has 5 heteroatoms. The van der Waals surface area contributed by atoms with Crippen LogP contribution in [0.1, 0.15) is 10.4 Å². The Morgan fingerprint density at radius 2 is 1.75 bits per heavy atom.